The van der Waals surface area contributed by atoms with Gasteiger partial charge in [-0.1, -0.05) is 49.6 Å². The number of aromatic nitrogens is 1. The molecule has 0 atom stereocenters. The number of fused-ring (bicyclic) bond motifs is 1. The molecule has 1 heterocycles. The van der Waals surface area contributed by atoms with Crippen LogP contribution >= 0.6 is 0 Å². The van der Waals surface area contributed by atoms with Crippen molar-refractivity contribution in [2.45, 2.75) is 58.4 Å². The van der Waals surface area contributed by atoms with E-state index < -0.39 is 5.97 Å². The molecule has 1 aliphatic rings. The molecule has 3 aromatic rings. The number of para-hydroxylation sites is 1. The van der Waals surface area contributed by atoms with E-state index in [2.05, 4.69) is 34.9 Å². The van der Waals surface area contributed by atoms with Crippen LogP contribution in [0.25, 0.3) is 17.0 Å². The Morgan fingerprint density at radius 2 is 1.85 bits per heavy atom. The molecule has 176 valence electrons. The maximum atomic E-state index is 12.1. The third-order valence-corrected chi connectivity index (χ3v) is 6.72. The van der Waals surface area contributed by atoms with Gasteiger partial charge in [-0.05, 0) is 62.4 Å². The number of carbonyl (C=O) groups is 1. The van der Waals surface area contributed by atoms with E-state index in [4.69, 9.17) is 9.47 Å². The van der Waals surface area contributed by atoms with Gasteiger partial charge in [-0.15, -0.1) is 0 Å². The van der Waals surface area contributed by atoms with Gasteiger partial charge in [0.05, 0.1) is 13.2 Å². The van der Waals surface area contributed by atoms with Gasteiger partial charge in [0.15, 0.2) is 0 Å². The van der Waals surface area contributed by atoms with Crippen LogP contribution in [0.2, 0.25) is 0 Å². The zero-order chi connectivity index (χ0) is 23.9. The minimum Gasteiger partial charge on any atom is -0.492 e. The Morgan fingerprint density at radius 1 is 1.12 bits per heavy atom. The molecular formula is C29H32N2O3. The second-order valence-corrected chi connectivity index (χ2v) is 8.81. The van der Waals surface area contributed by atoms with E-state index in [1.807, 2.05) is 31.2 Å². The first-order valence-corrected chi connectivity index (χ1v) is 12.2. The van der Waals surface area contributed by atoms with Gasteiger partial charge in [-0.25, -0.2) is 4.79 Å². The lowest BCUT2D eigenvalue weighted by molar-refractivity contribution is -0.137. The maximum absolute atomic E-state index is 12.1. The van der Waals surface area contributed by atoms with E-state index in [-0.39, 0.29) is 12.2 Å². The summed E-state index contributed by atoms with van der Waals surface area (Å²) in [5.41, 5.74) is 4.31. The lowest BCUT2D eigenvalue weighted by atomic mass is 9.84. The molecule has 5 nitrogen and oxygen atoms in total. The van der Waals surface area contributed by atoms with Gasteiger partial charge in [-0.2, -0.15) is 5.26 Å². The van der Waals surface area contributed by atoms with Crippen molar-refractivity contribution < 1.29 is 14.3 Å². The lowest BCUT2D eigenvalue weighted by Gasteiger charge is -2.22. The summed E-state index contributed by atoms with van der Waals surface area (Å²) in [6, 6.07) is 18.6. The molecule has 5 heteroatoms. The molecule has 0 bridgehead atoms. The summed E-state index contributed by atoms with van der Waals surface area (Å²) < 4.78 is 13.3. The number of benzene rings is 2. The smallest absolute Gasteiger partial charge is 0.348 e. The molecule has 0 N–H and O–H groups in total. The van der Waals surface area contributed by atoms with Crippen LogP contribution in [0.3, 0.4) is 0 Å². The highest BCUT2D eigenvalue weighted by atomic mass is 16.5. The van der Waals surface area contributed by atoms with Crippen molar-refractivity contribution in [1.29, 1.82) is 5.26 Å². The number of esters is 1. The summed E-state index contributed by atoms with van der Waals surface area (Å²) in [4.78, 5) is 12.1. The Morgan fingerprint density at radius 3 is 2.56 bits per heavy atom. The van der Waals surface area contributed by atoms with Crippen molar-refractivity contribution in [2.75, 3.05) is 13.2 Å². The van der Waals surface area contributed by atoms with Crippen molar-refractivity contribution in [3.8, 4) is 11.8 Å². The Kier molecular flexibility index (Phi) is 7.69. The molecule has 2 aromatic carbocycles. The fourth-order valence-corrected chi connectivity index (χ4v) is 4.95. The molecule has 1 aromatic heterocycles. The number of hydrogen-bond acceptors (Lipinski definition) is 4. The average Bonchev–Trinajstić information content (AvgIpc) is 3.14. The monoisotopic (exact) mass is 456 g/mol. The van der Waals surface area contributed by atoms with Gasteiger partial charge in [0, 0.05) is 22.2 Å². The second-order valence-electron chi connectivity index (χ2n) is 8.81. The first kappa shape index (κ1) is 23.6. The van der Waals surface area contributed by atoms with Crippen molar-refractivity contribution in [2.24, 2.45) is 0 Å². The largest absolute Gasteiger partial charge is 0.492 e. The SMILES string of the molecule is CCOC(=O)/C(C#N)=C/c1c(C)n(CCOc2ccc(C3CCCCC3)cc2)c2ccccc12. The van der Waals surface area contributed by atoms with Gasteiger partial charge < -0.3 is 14.0 Å². The molecule has 1 aliphatic carbocycles. The number of rotatable bonds is 8. The molecule has 0 spiro atoms. The molecule has 0 unspecified atom stereocenters. The first-order valence-electron chi connectivity index (χ1n) is 12.2. The van der Waals surface area contributed by atoms with Crippen LogP contribution in [-0.2, 0) is 16.1 Å². The summed E-state index contributed by atoms with van der Waals surface area (Å²) in [7, 11) is 0. The van der Waals surface area contributed by atoms with E-state index >= 15 is 0 Å². The summed E-state index contributed by atoms with van der Waals surface area (Å²) in [5.74, 6) is 0.972. The van der Waals surface area contributed by atoms with Crippen LogP contribution in [0.4, 0.5) is 0 Å². The molecule has 0 radical (unpaired) electrons. The Balaban J connectivity index is 1.50. The van der Waals surface area contributed by atoms with E-state index in [0.717, 1.165) is 27.9 Å². The van der Waals surface area contributed by atoms with Crippen LogP contribution in [0, 0.1) is 18.3 Å². The Hall–Kier alpha value is -3.52. The van der Waals surface area contributed by atoms with Crippen LogP contribution < -0.4 is 4.74 Å². The third kappa shape index (κ3) is 5.17. The number of nitriles is 1. The Labute approximate surface area is 201 Å². The van der Waals surface area contributed by atoms with Crippen LogP contribution in [-0.4, -0.2) is 23.8 Å². The third-order valence-electron chi connectivity index (χ3n) is 6.72. The standard InChI is InChI=1S/C29H32N2O3/c1-3-33-29(32)24(20-30)19-27-21(2)31(28-12-8-7-11-26(27)28)17-18-34-25-15-13-23(14-16-25)22-9-5-4-6-10-22/h7-8,11-16,19,22H,3-6,9-10,17-18H2,1-2H3/b24-19+. The molecule has 1 saturated carbocycles. The van der Waals surface area contributed by atoms with Crippen molar-refractivity contribution in [3.63, 3.8) is 0 Å². The minimum atomic E-state index is -0.596. The van der Waals surface area contributed by atoms with Gasteiger partial charge in [-0.3, -0.25) is 0 Å². The molecule has 34 heavy (non-hydrogen) atoms. The lowest BCUT2D eigenvalue weighted by Crippen LogP contribution is -2.10. The van der Waals surface area contributed by atoms with Crippen molar-refractivity contribution in [1.82, 2.24) is 4.57 Å². The molecule has 1 fully saturated rings. The zero-order valence-electron chi connectivity index (χ0n) is 20.0. The Bertz CT molecular complexity index is 1210. The van der Waals surface area contributed by atoms with Crippen LogP contribution in [0.1, 0.15) is 61.8 Å². The highest BCUT2D eigenvalue weighted by Gasteiger charge is 2.17. The summed E-state index contributed by atoms with van der Waals surface area (Å²) in [6.07, 6.45) is 8.25. The van der Waals surface area contributed by atoms with Crippen LogP contribution in [0.15, 0.2) is 54.1 Å². The topological polar surface area (TPSA) is 64.2 Å². The maximum Gasteiger partial charge on any atom is 0.348 e. The van der Waals surface area contributed by atoms with Gasteiger partial charge in [0.25, 0.3) is 0 Å². The zero-order valence-corrected chi connectivity index (χ0v) is 20.0. The predicted octanol–water partition coefficient (Wildman–Crippen LogP) is 6.55. The highest BCUT2D eigenvalue weighted by molar-refractivity contribution is 6.01. The number of nitrogens with zero attached hydrogens (tertiary/aromatic N) is 2. The summed E-state index contributed by atoms with van der Waals surface area (Å²) in [6.45, 7) is 5.15. The number of hydrogen-bond donors (Lipinski definition) is 0. The summed E-state index contributed by atoms with van der Waals surface area (Å²) in [5, 5.41) is 10.5. The molecule has 0 saturated heterocycles. The molecular weight excluding hydrogens is 424 g/mol. The first-order chi connectivity index (χ1) is 16.6. The van der Waals surface area contributed by atoms with E-state index in [0.29, 0.717) is 19.1 Å². The van der Waals surface area contributed by atoms with Crippen LogP contribution in [0.5, 0.6) is 5.75 Å². The quantitative estimate of drug-likeness (QED) is 0.219. The van der Waals surface area contributed by atoms with Gasteiger partial charge in [0.2, 0.25) is 0 Å². The highest BCUT2D eigenvalue weighted by Crippen LogP contribution is 2.33. The van der Waals surface area contributed by atoms with Crippen molar-refractivity contribution >= 4 is 22.9 Å². The fraction of sp³-hybridized carbons (Fsp3) is 0.379. The van der Waals surface area contributed by atoms with E-state index in [9.17, 15) is 10.1 Å². The average molecular weight is 457 g/mol. The fourth-order valence-electron chi connectivity index (χ4n) is 4.95. The van der Waals surface area contributed by atoms with Crippen molar-refractivity contribution in [3.05, 3.63) is 70.9 Å². The minimum absolute atomic E-state index is 0.00200. The predicted molar refractivity (Wildman–Crippen MR) is 135 cm³/mol. The molecule has 0 aliphatic heterocycles. The van der Waals surface area contributed by atoms with Gasteiger partial charge in [0.1, 0.15) is 24.0 Å². The number of ether oxygens (including phenoxy) is 2. The van der Waals surface area contributed by atoms with E-state index in [1.165, 1.54) is 37.7 Å². The number of carbonyl (C=O) groups excluding carboxylic acids is 1. The summed E-state index contributed by atoms with van der Waals surface area (Å²) >= 11 is 0. The molecule has 0 amide bonds. The molecule has 4 rings (SSSR count). The van der Waals surface area contributed by atoms with E-state index in [1.54, 1.807) is 13.0 Å². The second kappa shape index (κ2) is 11.1. The normalized spacial score (nSPS) is 14.7. The van der Waals surface area contributed by atoms with Gasteiger partial charge >= 0.3 is 5.97 Å².